The van der Waals surface area contributed by atoms with Gasteiger partial charge >= 0.3 is 11.9 Å². The maximum Gasteiger partial charge on any atom is 0.343 e. The van der Waals surface area contributed by atoms with Gasteiger partial charge < -0.3 is 9.47 Å². The van der Waals surface area contributed by atoms with E-state index in [0.29, 0.717) is 35.0 Å². The fraction of sp³-hybridized carbons (Fsp3) is 0.235. The highest BCUT2D eigenvalue weighted by atomic mass is 16.6. The molecule has 1 fully saturated rings. The van der Waals surface area contributed by atoms with Crippen LogP contribution in [-0.2, 0) is 6.42 Å². The van der Waals surface area contributed by atoms with Crippen molar-refractivity contribution in [3.8, 4) is 22.6 Å². The Morgan fingerprint density at radius 1 is 0.684 bits per heavy atom. The van der Waals surface area contributed by atoms with Crippen LogP contribution in [0.1, 0.15) is 76.8 Å². The number of rotatable bonds is 7. The number of hydrogen-bond donors (Lipinski definition) is 0. The first-order valence-corrected chi connectivity index (χ1v) is 13.4. The summed E-state index contributed by atoms with van der Waals surface area (Å²) < 4.78 is 12.3. The van der Waals surface area contributed by atoms with Gasteiger partial charge in [0.2, 0.25) is 0 Å². The second-order valence-electron chi connectivity index (χ2n) is 9.72. The fourth-order valence-electron chi connectivity index (χ4n) is 5.28. The molecule has 4 heteroatoms. The smallest absolute Gasteiger partial charge is 0.343 e. The normalized spacial score (nSPS) is 13.6. The van der Waals surface area contributed by atoms with Gasteiger partial charge in [0.1, 0.15) is 0 Å². The van der Waals surface area contributed by atoms with E-state index in [9.17, 15) is 9.59 Å². The van der Waals surface area contributed by atoms with E-state index in [-0.39, 0.29) is 0 Å². The number of hydrogen-bond acceptors (Lipinski definition) is 4. The first-order chi connectivity index (χ1) is 18.7. The molecule has 1 aliphatic rings. The van der Waals surface area contributed by atoms with Gasteiger partial charge in [-0.2, -0.15) is 0 Å². The molecule has 0 saturated heterocycles. The van der Waals surface area contributed by atoms with E-state index in [1.807, 2.05) is 49.4 Å². The Bertz CT molecular complexity index is 1390. The summed E-state index contributed by atoms with van der Waals surface area (Å²) in [5, 5.41) is 0. The number of carbonyl (C=O) groups is 2. The van der Waals surface area contributed by atoms with E-state index < -0.39 is 11.9 Å². The average molecular weight is 505 g/mol. The molecule has 0 N–H and O–H groups in total. The van der Waals surface area contributed by atoms with Gasteiger partial charge in [0.05, 0.1) is 11.1 Å². The van der Waals surface area contributed by atoms with Crippen LogP contribution < -0.4 is 9.47 Å². The zero-order valence-corrected chi connectivity index (χ0v) is 21.7. The van der Waals surface area contributed by atoms with Crippen molar-refractivity contribution in [2.75, 3.05) is 0 Å². The zero-order chi connectivity index (χ0) is 26.3. The summed E-state index contributed by atoms with van der Waals surface area (Å²) in [6, 6.07) is 30.0. The lowest BCUT2D eigenvalue weighted by Crippen LogP contribution is -2.16. The second kappa shape index (κ2) is 11.9. The third-order valence-corrected chi connectivity index (χ3v) is 7.24. The van der Waals surface area contributed by atoms with Crippen LogP contribution in [0.5, 0.6) is 11.5 Å². The van der Waals surface area contributed by atoms with E-state index in [2.05, 4.69) is 6.07 Å². The molecule has 0 aliphatic heterocycles. The molecule has 0 unspecified atom stereocenters. The number of carbonyl (C=O) groups excluding carboxylic acids is 2. The van der Waals surface area contributed by atoms with E-state index in [1.54, 1.807) is 48.5 Å². The number of aryl methyl sites for hydroxylation is 1. The molecule has 0 amide bonds. The molecule has 0 aromatic heterocycles. The molecule has 4 aromatic rings. The lowest BCUT2D eigenvalue weighted by atomic mass is 9.79. The first kappa shape index (κ1) is 25.5. The third kappa shape index (κ3) is 5.55. The topological polar surface area (TPSA) is 52.6 Å². The maximum absolute atomic E-state index is 13.4. The standard InChI is InChI=1S/C34H32O4/c1-2-24-23-29(25-15-7-3-8-16-25)30(26-17-9-4-10-18-26)32(38-34(36)28-21-13-6-14-22-28)31(24)37-33(35)27-19-11-5-12-20-27/h4-6,9-14,17-23,25H,2-3,7-8,15-16H2,1H3. The molecule has 5 rings (SSSR count). The predicted molar refractivity (Wildman–Crippen MR) is 150 cm³/mol. The summed E-state index contributed by atoms with van der Waals surface area (Å²) in [6.07, 6.45) is 6.37. The first-order valence-electron chi connectivity index (χ1n) is 13.4. The molecule has 0 radical (unpaired) electrons. The quantitative estimate of drug-likeness (QED) is 0.187. The molecule has 0 bridgehead atoms. The Kier molecular flexibility index (Phi) is 7.98. The molecule has 4 nitrogen and oxygen atoms in total. The van der Waals surface area contributed by atoms with E-state index in [4.69, 9.17) is 9.47 Å². The minimum Gasteiger partial charge on any atom is -0.419 e. The number of esters is 2. The molecule has 0 atom stereocenters. The molecule has 192 valence electrons. The molecular formula is C34H32O4. The van der Waals surface area contributed by atoms with Crippen molar-refractivity contribution < 1.29 is 19.1 Å². The van der Waals surface area contributed by atoms with Crippen LogP contribution in [-0.4, -0.2) is 11.9 Å². The van der Waals surface area contributed by atoms with Gasteiger partial charge in [0.15, 0.2) is 11.5 Å². The van der Waals surface area contributed by atoms with Crippen LogP contribution in [0.2, 0.25) is 0 Å². The molecule has 38 heavy (non-hydrogen) atoms. The van der Waals surface area contributed by atoms with Gasteiger partial charge in [0, 0.05) is 5.56 Å². The average Bonchev–Trinajstić information content (AvgIpc) is 2.99. The van der Waals surface area contributed by atoms with Crippen LogP contribution >= 0.6 is 0 Å². The summed E-state index contributed by atoms with van der Waals surface area (Å²) in [5.41, 5.74) is 4.65. The van der Waals surface area contributed by atoms with Gasteiger partial charge in [-0.3, -0.25) is 0 Å². The van der Waals surface area contributed by atoms with Crippen LogP contribution in [0.4, 0.5) is 0 Å². The lowest BCUT2D eigenvalue weighted by Gasteiger charge is -2.28. The van der Waals surface area contributed by atoms with Gasteiger partial charge in [-0.15, -0.1) is 0 Å². The number of ether oxygens (including phenoxy) is 2. The molecule has 0 heterocycles. The summed E-state index contributed by atoms with van der Waals surface area (Å²) in [7, 11) is 0. The van der Waals surface area contributed by atoms with Crippen molar-refractivity contribution in [3.63, 3.8) is 0 Å². The van der Waals surface area contributed by atoms with Crippen LogP contribution in [0.3, 0.4) is 0 Å². The minimum absolute atomic E-state index is 0.309. The predicted octanol–water partition coefficient (Wildman–Crippen LogP) is 8.40. The van der Waals surface area contributed by atoms with Crippen LogP contribution in [0.25, 0.3) is 11.1 Å². The Balaban J connectivity index is 1.72. The summed E-state index contributed by atoms with van der Waals surface area (Å²) in [6.45, 7) is 2.03. The Morgan fingerprint density at radius 3 is 1.71 bits per heavy atom. The Morgan fingerprint density at radius 2 is 1.18 bits per heavy atom. The van der Waals surface area contributed by atoms with Crippen molar-refractivity contribution in [3.05, 3.63) is 119 Å². The fourth-order valence-corrected chi connectivity index (χ4v) is 5.28. The highest BCUT2D eigenvalue weighted by Gasteiger charge is 2.29. The van der Waals surface area contributed by atoms with E-state index in [1.165, 1.54) is 19.3 Å². The van der Waals surface area contributed by atoms with Crippen molar-refractivity contribution in [2.24, 2.45) is 0 Å². The second-order valence-corrected chi connectivity index (χ2v) is 9.72. The third-order valence-electron chi connectivity index (χ3n) is 7.24. The summed E-state index contributed by atoms with van der Waals surface area (Å²) in [4.78, 5) is 26.7. The van der Waals surface area contributed by atoms with Crippen molar-refractivity contribution in [1.29, 1.82) is 0 Å². The molecular weight excluding hydrogens is 472 g/mol. The minimum atomic E-state index is -0.485. The van der Waals surface area contributed by atoms with Crippen molar-refractivity contribution >= 4 is 11.9 Å². The molecule has 4 aromatic carbocycles. The maximum atomic E-state index is 13.4. The lowest BCUT2D eigenvalue weighted by molar-refractivity contribution is 0.0681. The van der Waals surface area contributed by atoms with E-state index >= 15 is 0 Å². The van der Waals surface area contributed by atoms with E-state index in [0.717, 1.165) is 35.1 Å². The number of benzene rings is 4. The summed E-state index contributed by atoms with van der Waals surface area (Å²) >= 11 is 0. The van der Waals surface area contributed by atoms with Gasteiger partial charge in [0.25, 0.3) is 0 Å². The monoisotopic (exact) mass is 504 g/mol. The Hall–Kier alpha value is -4.18. The van der Waals surface area contributed by atoms with Gasteiger partial charge in [-0.05, 0) is 66.1 Å². The molecule has 1 saturated carbocycles. The summed E-state index contributed by atoms with van der Waals surface area (Å²) in [5.74, 6) is -0.00000996. The largest absolute Gasteiger partial charge is 0.419 e. The van der Waals surface area contributed by atoms with Gasteiger partial charge in [-0.25, -0.2) is 9.59 Å². The zero-order valence-electron chi connectivity index (χ0n) is 21.7. The van der Waals surface area contributed by atoms with Crippen LogP contribution in [0.15, 0.2) is 97.1 Å². The molecule has 1 aliphatic carbocycles. The van der Waals surface area contributed by atoms with Crippen molar-refractivity contribution in [1.82, 2.24) is 0 Å². The van der Waals surface area contributed by atoms with Crippen LogP contribution in [0, 0.1) is 0 Å². The highest BCUT2D eigenvalue weighted by Crippen LogP contribution is 2.49. The SMILES string of the molecule is CCc1cc(C2CCCCC2)c(-c2ccccc2)c(OC(=O)c2ccccc2)c1OC(=O)c1ccccc1. The van der Waals surface area contributed by atoms with Gasteiger partial charge in [-0.1, -0.05) is 99.0 Å². The Labute approximate surface area is 224 Å². The van der Waals surface area contributed by atoms with Crippen molar-refractivity contribution in [2.45, 2.75) is 51.4 Å². The highest BCUT2D eigenvalue weighted by molar-refractivity contribution is 5.95. The molecule has 0 spiro atoms.